The van der Waals surface area contributed by atoms with Gasteiger partial charge in [0.1, 0.15) is 6.04 Å². The van der Waals surface area contributed by atoms with Crippen molar-refractivity contribution in [3.05, 3.63) is 58.3 Å². The smallest absolute Gasteiger partial charge is 0.257 e. The van der Waals surface area contributed by atoms with Crippen molar-refractivity contribution >= 4 is 28.8 Å². The summed E-state index contributed by atoms with van der Waals surface area (Å²) in [5.41, 5.74) is 0.615. The molecule has 0 saturated carbocycles. The van der Waals surface area contributed by atoms with Crippen molar-refractivity contribution in [1.82, 2.24) is 15.1 Å². The Bertz CT molecular complexity index is 845. The van der Waals surface area contributed by atoms with Gasteiger partial charge in [-0.05, 0) is 48.6 Å². The minimum atomic E-state index is -0.172. The number of carbonyl (C=O) groups excluding carboxylic acids is 1. The Kier molecular flexibility index (Phi) is 4.08. The average Bonchev–Trinajstić information content (AvgIpc) is 3.33. The van der Waals surface area contributed by atoms with Crippen molar-refractivity contribution in [1.29, 1.82) is 0 Å². The normalized spacial score (nSPS) is 17.4. The Hall–Kier alpha value is -2.18. The van der Waals surface area contributed by atoms with Gasteiger partial charge in [-0.2, -0.15) is 0 Å². The molecule has 1 amide bonds. The fourth-order valence-corrected chi connectivity index (χ4v) is 3.66. The van der Waals surface area contributed by atoms with Gasteiger partial charge in [-0.15, -0.1) is 21.5 Å². The monoisotopic (exact) mass is 359 g/mol. The van der Waals surface area contributed by atoms with Crippen LogP contribution in [0, 0.1) is 0 Å². The first-order chi connectivity index (χ1) is 11.7. The second kappa shape index (κ2) is 6.37. The Labute approximate surface area is 147 Å². The number of benzene rings is 1. The maximum absolute atomic E-state index is 12.8. The number of hydrogen-bond acceptors (Lipinski definition) is 5. The molecule has 3 heterocycles. The summed E-state index contributed by atoms with van der Waals surface area (Å²) in [6.45, 7) is 0.683. The van der Waals surface area contributed by atoms with E-state index in [1.54, 1.807) is 40.5 Å². The topological polar surface area (TPSA) is 59.2 Å². The van der Waals surface area contributed by atoms with E-state index in [9.17, 15) is 4.79 Å². The molecule has 1 aromatic carbocycles. The lowest BCUT2D eigenvalue weighted by molar-refractivity contribution is 0.0716. The molecule has 0 aliphatic carbocycles. The minimum absolute atomic E-state index is 0.0370. The molecule has 1 aliphatic heterocycles. The number of amides is 1. The van der Waals surface area contributed by atoms with Gasteiger partial charge in [-0.1, -0.05) is 17.7 Å². The molecule has 122 valence electrons. The van der Waals surface area contributed by atoms with Gasteiger partial charge in [0.2, 0.25) is 5.89 Å². The highest BCUT2D eigenvalue weighted by Gasteiger charge is 2.34. The summed E-state index contributed by atoms with van der Waals surface area (Å²) in [6, 6.07) is 10.6. The van der Waals surface area contributed by atoms with Crippen LogP contribution in [0.5, 0.6) is 0 Å². The second-order valence-electron chi connectivity index (χ2n) is 5.59. The van der Waals surface area contributed by atoms with Crippen LogP contribution >= 0.6 is 22.9 Å². The molecule has 3 aromatic rings. The molecule has 0 N–H and O–H groups in total. The molecule has 0 spiro atoms. The Morgan fingerprint density at radius 2 is 2.08 bits per heavy atom. The molecule has 1 unspecified atom stereocenters. The standard InChI is InChI=1S/C17H14ClN3O2S/c18-12-7-5-11(6-8-12)17(22)21-9-1-3-13(21)15-19-20-16(23-15)14-4-2-10-24-14/h2,4-8,10,13H,1,3,9H2. The number of hydrogen-bond donors (Lipinski definition) is 0. The molecule has 7 heteroatoms. The third-order valence-electron chi connectivity index (χ3n) is 4.06. The summed E-state index contributed by atoms with van der Waals surface area (Å²) in [5.74, 6) is 0.967. The van der Waals surface area contributed by atoms with Crippen molar-refractivity contribution in [3.63, 3.8) is 0 Å². The van der Waals surface area contributed by atoms with Gasteiger partial charge in [0.25, 0.3) is 11.8 Å². The molecular formula is C17H14ClN3O2S. The summed E-state index contributed by atoms with van der Waals surface area (Å²) in [6.07, 6.45) is 1.74. The molecule has 5 nitrogen and oxygen atoms in total. The van der Waals surface area contributed by atoms with E-state index in [1.807, 2.05) is 17.5 Å². The molecule has 2 aromatic heterocycles. The van der Waals surface area contributed by atoms with Crippen LogP contribution in [0.25, 0.3) is 10.8 Å². The van der Waals surface area contributed by atoms with Crippen molar-refractivity contribution in [2.24, 2.45) is 0 Å². The van der Waals surface area contributed by atoms with E-state index in [0.29, 0.717) is 28.9 Å². The Balaban J connectivity index is 1.59. The van der Waals surface area contributed by atoms with Crippen LogP contribution in [0.1, 0.15) is 35.1 Å². The molecular weight excluding hydrogens is 346 g/mol. The summed E-state index contributed by atoms with van der Waals surface area (Å²) in [5, 5.41) is 10.9. The van der Waals surface area contributed by atoms with Crippen LogP contribution in [0.4, 0.5) is 0 Å². The third-order valence-corrected chi connectivity index (χ3v) is 5.17. The number of halogens is 1. The number of thiophene rings is 1. The molecule has 0 radical (unpaired) electrons. The largest absolute Gasteiger partial charge is 0.418 e. The zero-order valence-electron chi connectivity index (χ0n) is 12.7. The van der Waals surface area contributed by atoms with Crippen LogP contribution < -0.4 is 0 Å². The van der Waals surface area contributed by atoms with E-state index in [2.05, 4.69) is 10.2 Å². The first kappa shape index (κ1) is 15.4. The fourth-order valence-electron chi connectivity index (χ4n) is 2.89. The van der Waals surface area contributed by atoms with E-state index < -0.39 is 0 Å². The second-order valence-corrected chi connectivity index (χ2v) is 6.97. The van der Waals surface area contributed by atoms with E-state index >= 15 is 0 Å². The van der Waals surface area contributed by atoms with Crippen molar-refractivity contribution in [2.45, 2.75) is 18.9 Å². The lowest BCUT2D eigenvalue weighted by Crippen LogP contribution is -2.30. The van der Waals surface area contributed by atoms with E-state index in [-0.39, 0.29) is 11.9 Å². The van der Waals surface area contributed by atoms with E-state index in [4.69, 9.17) is 16.0 Å². The van der Waals surface area contributed by atoms with E-state index in [1.165, 1.54) is 0 Å². The molecule has 4 rings (SSSR count). The third kappa shape index (κ3) is 2.83. The first-order valence-corrected chi connectivity index (χ1v) is 8.92. The minimum Gasteiger partial charge on any atom is -0.418 e. The van der Waals surface area contributed by atoms with Gasteiger partial charge in [-0.25, -0.2) is 0 Å². The summed E-state index contributed by atoms with van der Waals surface area (Å²) in [7, 11) is 0. The van der Waals surface area contributed by atoms with Crippen molar-refractivity contribution < 1.29 is 9.21 Å². The SMILES string of the molecule is O=C(c1ccc(Cl)cc1)N1CCCC1c1nnc(-c2cccs2)o1. The lowest BCUT2D eigenvalue weighted by Gasteiger charge is -2.22. The van der Waals surface area contributed by atoms with Gasteiger partial charge in [0.15, 0.2) is 0 Å². The highest BCUT2D eigenvalue weighted by molar-refractivity contribution is 7.13. The predicted molar refractivity (Wildman–Crippen MR) is 92.1 cm³/mol. The van der Waals surface area contributed by atoms with Gasteiger partial charge in [0, 0.05) is 17.1 Å². The van der Waals surface area contributed by atoms with Crippen LogP contribution in [-0.4, -0.2) is 27.5 Å². The quantitative estimate of drug-likeness (QED) is 0.694. The molecule has 0 bridgehead atoms. The van der Waals surface area contributed by atoms with Gasteiger partial charge in [0.05, 0.1) is 4.88 Å². The van der Waals surface area contributed by atoms with Crippen molar-refractivity contribution in [3.8, 4) is 10.8 Å². The van der Waals surface area contributed by atoms with Gasteiger partial charge in [-0.3, -0.25) is 4.79 Å². The van der Waals surface area contributed by atoms with Gasteiger partial charge >= 0.3 is 0 Å². The fraction of sp³-hybridized carbons (Fsp3) is 0.235. The zero-order valence-corrected chi connectivity index (χ0v) is 14.3. The summed E-state index contributed by atoms with van der Waals surface area (Å²) >= 11 is 7.44. The molecule has 1 atom stereocenters. The number of aromatic nitrogens is 2. The Morgan fingerprint density at radius 1 is 1.25 bits per heavy atom. The molecule has 24 heavy (non-hydrogen) atoms. The summed E-state index contributed by atoms with van der Waals surface area (Å²) in [4.78, 5) is 15.5. The van der Waals surface area contributed by atoms with Crippen LogP contribution in [0.15, 0.2) is 46.2 Å². The Morgan fingerprint density at radius 3 is 2.83 bits per heavy atom. The molecule has 1 fully saturated rings. The molecule has 1 saturated heterocycles. The number of carbonyl (C=O) groups is 1. The predicted octanol–water partition coefficient (Wildman–Crippen LogP) is 4.43. The number of nitrogens with zero attached hydrogens (tertiary/aromatic N) is 3. The average molecular weight is 360 g/mol. The van der Waals surface area contributed by atoms with Gasteiger partial charge < -0.3 is 9.32 Å². The highest BCUT2D eigenvalue weighted by atomic mass is 35.5. The van der Waals surface area contributed by atoms with Crippen molar-refractivity contribution in [2.75, 3.05) is 6.54 Å². The summed E-state index contributed by atoms with van der Waals surface area (Å²) < 4.78 is 5.82. The van der Waals surface area contributed by atoms with Crippen LogP contribution in [0.2, 0.25) is 5.02 Å². The molecule has 1 aliphatic rings. The first-order valence-electron chi connectivity index (χ1n) is 7.66. The van der Waals surface area contributed by atoms with Crippen LogP contribution in [-0.2, 0) is 0 Å². The lowest BCUT2D eigenvalue weighted by atomic mass is 10.1. The maximum atomic E-state index is 12.8. The number of rotatable bonds is 3. The van der Waals surface area contributed by atoms with Crippen LogP contribution in [0.3, 0.4) is 0 Å². The maximum Gasteiger partial charge on any atom is 0.257 e. The van der Waals surface area contributed by atoms with E-state index in [0.717, 1.165) is 17.7 Å². The number of likely N-dealkylation sites (tertiary alicyclic amines) is 1. The zero-order chi connectivity index (χ0) is 16.5. The highest BCUT2D eigenvalue weighted by Crippen LogP contribution is 2.34.